The zero-order valence-corrected chi connectivity index (χ0v) is 16.0. The van der Waals surface area contributed by atoms with E-state index in [0.717, 1.165) is 12.2 Å². The normalized spacial score (nSPS) is 27.7. The van der Waals surface area contributed by atoms with Gasteiger partial charge in [-0.15, -0.1) is 0 Å². The lowest BCUT2D eigenvalue weighted by Gasteiger charge is -2.36. The van der Waals surface area contributed by atoms with Gasteiger partial charge in [-0.3, -0.25) is 0 Å². The molecule has 0 aromatic carbocycles. The Morgan fingerprint density at radius 1 is 1.09 bits per heavy atom. The highest BCUT2D eigenvalue weighted by molar-refractivity contribution is 5.37. The summed E-state index contributed by atoms with van der Waals surface area (Å²) in [5, 5.41) is 0. The number of allylic oxidation sites excluding steroid dienone is 8. The molecule has 0 aromatic heterocycles. The Morgan fingerprint density at radius 3 is 2.17 bits per heavy atom. The average Bonchev–Trinajstić information content (AvgIpc) is 2.45. The van der Waals surface area contributed by atoms with Crippen LogP contribution in [0.15, 0.2) is 72.2 Å². The third-order valence-electron chi connectivity index (χ3n) is 4.42. The van der Waals surface area contributed by atoms with Crippen molar-refractivity contribution >= 4 is 0 Å². The Labute approximate surface area is 143 Å². The van der Waals surface area contributed by atoms with Crippen LogP contribution >= 0.6 is 0 Å². The molecule has 0 radical (unpaired) electrons. The molecule has 0 saturated heterocycles. The van der Waals surface area contributed by atoms with E-state index in [-0.39, 0.29) is 10.8 Å². The van der Waals surface area contributed by atoms with E-state index in [2.05, 4.69) is 96.9 Å². The summed E-state index contributed by atoms with van der Waals surface area (Å²) in [5.74, 6) is 0. The van der Waals surface area contributed by atoms with Gasteiger partial charge in [-0.25, -0.2) is 0 Å². The summed E-state index contributed by atoms with van der Waals surface area (Å²) >= 11 is 0. The van der Waals surface area contributed by atoms with Crippen molar-refractivity contribution in [2.24, 2.45) is 10.8 Å². The van der Waals surface area contributed by atoms with E-state index in [4.69, 9.17) is 0 Å². The van der Waals surface area contributed by atoms with Crippen LogP contribution in [0.4, 0.5) is 0 Å². The molecule has 0 aromatic rings. The first kappa shape index (κ1) is 19.3. The van der Waals surface area contributed by atoms with Crippen LogP contribution in [-0.4, -0.2) is 11.4 Å². The van der Waals surface area contributed by atoms with Gasteiger partial charge in [0.1, 0.15) is 0 Å². The fraction of sp³-hybridized carbons (Fsp3) is 0.455. The van der Waals surface area contributed by atoms with E-state index >= 15 is 0 Å². The van der Waals surface area contributed by atoms with E-state index < -0.39 is 0 Å². The average molecular weight is 312 g/mol. The van der Waals surface area contributed by atoms with E-state index in [1.54, 1.807) is 0 Å². The Morgan fingerprint density at radius 2 is 1.70 bits per heavy atom. The minimum Gasteiger partial charge on any atom is -0.349 e. The summed E-state index contributed by atoms with van der Waals surface area (Å²) in [6.45, 7) is 24.3. The summed E-state index contributed by atoms with van der Waals surface area (Å²) in [6, 6.07) is 0. The summed E-state index contributed by atoms with van der Waals surface area (Å²) in [5.41, 5.74) is 4.80. The van der Waals surface area contributed by atoms with Crippen LogP contribution in [0, 0.1) is 10.8 Å². The second-order valence-corrected chi connectivity index (χ2v) is 7.75. The van der Waals surface area contributed by atoms with Crippen molar-refractivity contribution in [2.45, 2.75) is 48.5 Å². The maximum Gasteiger partial charge on any atom is 0.0348 e. The van der Waals surface area contributed by atoms with Gasteiger partial charge in [-0.2, -0.15) is 0 Å². The number of hydrogen-bond donors (Lipinski definition) is 0. The van der Waals surface area contributed by atoms with Gasteiger partial charge < -0.3 is 4.90 Å². The maximum atomic E-state index is 4.18. The summed E-state index contributed by atoms with van der Waals surface area (Å²) in [6.07, 6.45) is 13.3. The number of hydrogen-bond acceptors (Lipinski definition) is 1. The molecule has 0 N–H and O–H groups in total. The Kier molecular flexibility index (Phi) is 6.04. The molecule has 1 heteroatoms. The van der Waals surface area contributed by atoms with Gasteiger partial charge in [0, 0.05) is 28.8 Å². The zero-order chi connectivity index (χ0) is 17.8. The van der Waals surface area contributed by atoms with Crippen molar-refractivity contribution in [2.75, 3.05) is 6.54 Å². The molecule has 0 aliphatic heterocycles. The molecular weight excluding hydrogens is 278 g/mol. The summed E-state index contributed by atoms with van der Waals surface area (Å²) < 4.78 is 0. The van der Waals surface area contributed by atoms with Crippen molar-refractivity contribution in [1.29, 1.82) is 0 Å². The Hall–Kier alpha value is -1.76. The van der Waals surface area contributed by atoms with E-state index in [1.807, 2.05) is 6.08 Å². The molecule has 126 valence electrons. The SMILES string of the molecule is C=CC1=C/C(C)(CN(C(=C)C)C(C)=C(C)C)/C=C\C(C)(C)/C=C\1. The molecule has 0 spiro atoms. The lowest BCUT2D eigenvalue weighted by atomic mass is 9.80. The smallest absolute Gasteiger partial charge is 0.0348 e. The quantitative estimate of drug-likeness (QED) is 0.530. The highest BCUT2D eigenvalue weighted by Crippen LogP contribution is 2.33. The predicted molar refractivity (Wildman–Crippen MR) is 104 cm³/mol. The van der Waals surface area contributed by atoms with E-state index in [1.165, 1.54) is 16.8 Å². The first-order valence-corrected chi connectivity index (χ1v) is 8.32. The molecule has 0 amide bonds. The second-order valence-electron chi connectivity index (χ2n) is 7.75. The van der Waals surface area contributed by atoms with Crippen LogP contribution in [0.5, 0.6) is 0 Å². The van der Waals surface area contributed by atoms with Gasteiger partial charge in [-0.1, -0.05) is 76.0 Å². The van der Waals surface area contributed by atoms with Gasteiger partial charge in [-0.05, 0) is 33.3 Å². The highest BCUT2D eigenvalue weighted by Gasteiger charge is 2.26. The van der Waals surface area contributed by atoms with E-state index in [9.17, 15) is 0 Å². The second kappa shape index (κ2) is 7.21. The van der Waals surface area contributed by atoms with Crippen molar-refractivity contribution in [1.82, 2.24) is 4.90 Å². The lowest BCUT2D eigenvalue weighted by molar-refractivity contribution is 0.331. The van der Waals surface area contributed by atoms with Gasteiger partial charge in [0.2, 0.25) is 0 Å². The molecule has 1 atom stereocenters. The Balaban J connectivity index is 3.33. The largest absolute Gasteiger partial charge is 0.349 e. The predicted octanol–water partition coefficient (Wildman–Crippen LogP) is 6.41. The molecule has 0 bridgehead atoms. The molecular formula is C22H33N. The lowest BCUT2D eigenvalue weighted by Crippen LogP contribution is -2.32. The third-order valence-corrected chi connectivity index (χ3v) is 4.42. The minimum absolute atomic E-state index is 0.0450. The first-order chi connectivity index (χ1) is 10.5. The number of nitrogens with zero attached hydrogens (tertiary/aromatic N) is 1. The van der Waals surface area contributed by atoms with Crippen LogP contribution in [-0.2, 0) is 0 Å². The van der Waals surface area contributed by atoms with Crippen molar-refractivity contribution in [3.05, 3.63) is 72.2 Å². The Bertz CT molecular complexity index is 591. The van der Waals surface area contributed by atoms with Gasteiger partial charge in [0.05, 0.1) is 0 Å². The molecule has 1 nitrogen and oxygen atoms in total. The molecule has 0 saturated carbocycles. The molecule has 0 heterocycles. The van der Waals surface area contributed by atoms with E-state index in [0.29, 0.717) is 0 Å². The summed E-state index contributed by atoms with van der Waals surface area (Å²) in [7, 11) is 0. The maximum absolute atomic E-state index is 4.18. The van der Waals surface area contributed by atoms with Gasteiger partial charge >= 0.3 is 0 Å². The van der Waals surface area contributed by atoms with Crippen LogP contribution in [0.3, 0.4) is 0 Å². The molecule has 0 fully saturated rings. The zero-order valence-electron chi connectivity index (χ0n) is 16.0. The molecule has 1 aliphatic rings. The van der Waals surface area contributed by atoms with Crippen molar-refractivity contribution in [3.63, 3.8) is 0 Å². The monoisotopic (exact) mass is 311 g/mol. The summed E-state index contributed by atoms with van der Waals surface area (Å²) in [4.78, 5) is 2.31. The standard InChI is InChI=1S/C22H33N/c1-10-20-11-12-21(7,8)13-14-22(9,15-20)16-23(18(4)5)19(6)17(2)3/h10-15H,1,4,16H2,2-3,5-9H3/b12-11-,14-13-,20-15-. The molecule has 23 heavy (non-hydrogen) atoms. The molecule has 1 unspecified atom stereocenters. The van der Waals surface area contributed by atoms with Gasteiger partial charge in [0.25, 0.3) is 0 Å². The number of rotatable bonds is 5. The van der Waals surface area contributed by atoms with Crippen molar-refractivity contribution in [3.8, 4) is 0 Å². The van der Waals surface area contributed by atoms with Crippen molar-refractivity contribution < 1.29 is 0 Å². The fourth-order valence-electron chi connectivity index (χ4n) is 2.62. The third kappa shape index (κ3) is 5.42. The van der Waals surface area contributed by atoms with Crippen LogP contribution in [0.2, 0.25) is 0 Å². The van der Waals surface area contributed by atoms with Crippen LogP contribution in [0.1, 0.15) is 48.5 Å². The van der Waals surface area contributed by atoms with Gasteiger partial charge in [0.15, 0.2) is 0 Å². The van der Waals surface area contributed by atoms with Crippen LogP contribution < -0.4 is 0 Å². The highest BCUT2D eigenvalue weighted by atomic mass is 15.1. The minimum atomic E-state index is -0.0821. The first-order valence-electron chi connectivity index (χ1n) is 8.32. The molecule has 1 aliphatic carbocycles. The molecule has 1 rings (SSSR count). The fourth-order valence-corrected chi connectivity index (χ4v) is 2.62. The topological polar surface area (TPSA) is 3.24 Å². The van der Waals surface area contributed by atoms with Crippen LogP contribution in [0.25, 0.3) is 0 Å².